The van der Waals surface area contributed by atoms with Gasteiger partial charge < -0.3 is 25.3 Å². The Balaban J connectivity index is 0. The lowest BCUT2D eigenvalue weighted by atomic mass is 10.3. The van der Waals surface area contributed by atoms with E-state index in [0.717, 1.165) is 13.1 Å². The van der Waals surface area contributed by atoms with E-state index in [1.807, 2.05) is 0 Å². The molecule has 0 aliphatic rings. The fourth-order valence-electron chi connectivity index (χ4n) is 2.06. The average Bonchev–Trinajstić information content (AvgIpc) is 2.45. The van der Waals surface area contributed by atoms with Crippen molar-refractivity contribution in [3.63, 3.8) is 0 Å². The average molecular weight is 305 g/mol. The molecule has 0 spiro atoms. The highest BCUT2D eigenvalue weighted by Gasteiger charge is 1.99. The van der Waals surface area contributed by atoms with Crippen molar-refractivity contribution >= 4 is 6.16 Å². The number of rotatable bonds is 12. The zero-order valence-electron chi connectivity index (χ0n) is 14.3. The quantitative estimate of drug-likeness (QED) is 0.480. The first-order valence-corrected chi connectivity index (χ1v) is 8.08. The molecule has 6 nitrogen and oxygen atoms in total. The summed E-state index contributed by atoms with van der Waals surface area (Å²) in [7, 11) is 0. The van der Waals surface area contributed by atoms with E-state index in [2.05, 4.69) is 42.8 Å². The van der Waals surface area contributed by atoms with Crippen molar-refractivity contribution in [1.29, 1.82) is 0 Å². The van der Waals surface area contributed by atoms with Crippen molar-refractivity contribution < 1.29 is 15.0 Å². The molecule has 128 valence electrons. The van der Waals surface area contributed by atoms with Crippen molar-refractivity contribution in [2.75, 3.05) is 52.4 Å². The van der Waals surface area contributed by atoms with Crippen molar-refractivity contribution in [2.45, 2.75) is 40.5 Å². The second-order valence-corrected chi connectivity index (χ2v) is 4.79. The maximum absolute atomic E-state index is 8.56. The van der Waals surface area contributed by atoms with Crippen LogP contribution >= 0.6 is 0 Å². The van der Waals surface area contributed by atoms with Crippen LogP contribution in [-0.2, 0) is 0 Å². The molecule has 0 heterocycles. The normalized spacial score (nSPS) is 10.6. The minimum atomic E-state index is -1.83. The van der Waals surface area contributed by atoms with Crippen LogP contribution in [0, 0.1) is 0 Å². The molecule has 0 fully saturated rings. The number of hydrogen-bond acceptors (Lipinski definition) is 4. The molecule has 0 atom stereocenters. The monoisotopic (exact) mass is 305 g/mol. The van der Waals surface area contributed by atoms with Crippen molar-refractivity contribution in [3.8, 4) is 0 Å². The Hall–Kier alpha value is -0.850. The molecule has 0 amide bonds. The molecule has 0 aromatic carbocycles. The molecule has 0 aliphatic carbocycles. The van der Waals surface area contributed by atoms with Crippen LogP contribution < -0.4 is 5.32 Å². The smallest absolute Gasteiger partial charge is 0.450 e. The summed E-state index contributed by atoms with van der Waals surface area (Å²) < 4.78 is 0. The van der Waals surface area contributed by atoms with Gasteiger partial charge in [0, 0.05) is 0 Å². The van der Waals surface area contributed by atoms with E-state index in [0.29, 0.717) is 0 Å². The number of nitrogens with zero attached hydrogens (tertiary/aromatic N) is 2. The Bertz CT molecular complexity index is 200. The van der Waals surface area contributed by atoms with Gasteiger partial charge in [0.15, 0.2) is 0 Å². The molecule has 0 saturated heterocycles. The first-order chi connectivity index (χ1) is 10.0. The van der Waals surface area contributed by atoms with Gasteiger partial charge in [-0.25, -0.2) is 4.79 Å². The second kappa shape index (κ2) is 17.2. The van der Waals surface area contributed by atoms with E-state index in [-0.39, 0.29) is 0 Å². The maximum Gasteiger partial charge on any atom is 0.503 e. The van der Waals surface area contributed by atoms with E-state index in [1.54, 1.807) is 0 Å². The first kappa shape index (κ1) is 22.4. The van der Waals surface area contributed by atoms with Crippen molar-refractivity contribution in [3.05, 3.63) is 0 Å². The molecular weight excluding hydrogens is 270 g/mol. The Labute approximate surface area is 130 Å². The molecule has 6 heteroatoms. The maximum atomic E-state index is 8.56. The summed E-state index contributed by atoms with van der Waals surface area (Å²) in [5.74, 6) is 0. The minimum absolute atomic E-state index is 1.16. The third-order valence-corrected chi connectivity index (χ3v) is 3.44. The van der Waals surface area contributed by atoms with Gasteiger partial charge >= 0.3 is 6.16 Å². The predicted octanol–water partition coefficient (Wildman–Crippen LogP) is 2.26. The Morgan fingerprint density at radius 1 is 0.810 bits per heavy atom. The highest BCUT2D eigenvalue weighted by atomic mass is 16.6. The summed E-state index contributed by atoms with van der Waals surface area (Å²) in [6.07, 6.45) is 0.708. The number of nitrogens with one attached hydrogen (secondary N) is 1. The van der Waals surface area contributed by atoms with Crippen LogP contribution in [0.4, 0.5) is 4.79 Å². The van der Waals surface area contributed by atoms with Crippen molar-refractivity contribution in [1.82, 2.24) is 15.1 Å². The summed E-state index contributed by atoms with van der Waals surface area (Å²) in [5.41, 5.74) is 0. The van der Waals surface area contributed by atoms with Crippen LogP contribution in [0.1, 0.15) is 40.5 Å². The summed E-state index contributed by atoms with van der Waals surface area (Å²) in [5, 5.41) is 17.5. The molecule has 0 radical (unpaired) electrons. The second-order valence-electron chi connectivity index (χ2n) is 4.79. The molecule has 3 N–H and O–H groups in total. The van der Waals surface area contributed by atoms with E-state index in [9.17, 15) is 0 Å². The van der Waals surface area contributed by atoms with Gasteiger partial charge in [0.1, 0.15) is 0 Å². The zero-order chi connectivity index (χ0) is 16.5. The van der Waals surface area contributed by atoms with Crippen LogP contribution in [0.5, 0.6) is 0 Å². The predicted molar refractivity (Wildman–Crippen MR) is 88.3 cm³/mol. The Morgan fingerprint density at radius 3 is 1.33 bits per heavy atom. The van der Waals surface area contributed by atoms with Gasteiger partial charge in [-0.2, -0.15) is 0 Å². The van der Waals surface area contributed by atoms with Gasteiger partial charge in [-0.1, -0.05) is 27.7 Å². The van der Waals surface area contributed by atoms with E-state index >= 15 is 0 Å². The fraction of sp³-hybridized carbons (Fsp3) is 0.933. The molecule has 0 unspecified atom stereocenters. The summed E-state index contributed by atoms with van der Waals surface area (Å²) in [4.78, 5) is 13.5. The van der Waals surface area contributed by atoms with Crippen LogP contribution in [0.3, 0.4) is 0 Å². The van der Waals surface area contributed by atoms with Crippen molar-refractivity contribution in [2.24, 2.45) is 0 Å². The highest BCUT2D eigenvalue weighted by molar-refractivity contribution is 5.53. The summed E-state index contributed by atoms with van der Waals surface area (Å²) >= 11 is 0. The standard InChI is InChI=1S/C14H33N3.CH2O3/c1-5-16(6-2)13-9-11-15-12-10-14-17(7-3)8-4;2-1(3)4/h15H,5-14H2,1-4H3;(H2,2,3,4). The van der Waals surface area contributed by atoms with E-state index < -0.39 is 6.16 Å². The van der Waals surface area contributed by atoms with Gasteiger partial charge in [-0.15, -0.1) is 0 Å². The first-order valence-electron chi connectivity index (χ1n) is 8.08. The topological polar surface area (TPSA) is 76.0 Å². The van der Waals surface area contributed by atoms with Crippen LogP contribution in [-0.4, -0.2) is 78.5 Å². The van der Waals surface area contributed by atoms with Crippen LogP contribution in [0.25, 0.3) is 0 Å². The third-order valence-electron chi connectivity index (χ3n) is 3.44. The van der Waals surface area contributed by atoms with Crippen LogP contribution in [0.15, 0.2) is 0 Å². The SMILES string of the molecule is CCN(CC)CCCNCCCN(CC)CC.O=C(O)O. The van der Waals surface area contributed by atoms with Gasteiger partial charge in [0.25, 0.3) is 0 Å². The third kappa shape index (κ3) is 19.1. The lowest BCUT2D eigenvalue weighted by Gasteiger charge is -2.19. The van der Waals surface area contributed by atoms with Gasteiger partial charge in [-0.05, 0) is 65.2 Å². The summed E-state index contributed by atoms with van der Waals surface area (Å²) in [6.45, 7) is 18.5. The molecule has 0 aliphatic heterocycles. The molecule has 0 bridgehead atoms. The Morgan fingerprint density at radius 2 is 1.10 bits per heavy atom. The lowest BCUT2D eigenvalue weighted by Crippen LogP contribution is -2.29. The fourth-order valence-corrected chi connectivity index (χ4v) is 2.06. The molecule has 0 rings (SSSR count). The lowest BCUT2D eigenvalue weighted by molar-refractivity contribution is 0.137. The largest absolute Gasteiger partial charge is 0.503 e. The minimum Gasteiger partial charge on any atom is -0.450 e. The van der Waals surface area contributed by atoms with Gasteiger partial charge in [0.05, 0.1) is 0 Å². The summed E-state index contributed by atoms with van der Waals surface area (Å²) in [6, 6.07) is 0. The Kier molecular flexibility index (Phi) is 18.4. The number of carboxylic acid groups (broad SMARTS) is 2. The molecule has 21 heavy (non-hydrogen) atoms. The molecule has 0 aromatic heterocycles. The zero-order valence-corrected chi connectivity index (χ0v) is 14.3. The highest BCUT2D eigenvalue weighted by Crippen LogP contribution is 1.91. The number of hydrogen-bond donors (Lipinski definition) is 3. The van der Waals surface area contributed by atoms with Gasteiger partial charge in [-0.3, -0.25) is 0 Å². The van der Waals surface area contributed by atoms with E-state index in [1.165, 1.54) is 52.1 Å². The molecule has 0 aromatic rings. The number of carbonyl (C=O) groups is 1. The van der Waals surface area contributed by atoms with E-state index in [4.69, 9.17) is 15.0 Å². The van der Waals surface area contributed by atoms with Gasteiger partial charge in [0.2, 0.25) is 0 Å². The molecule has 0 saturated carbocycles. The van der Waals surface area contributed by atoms with Crippen LogP contribution in [0.2, 0.25) is 0 Å². The molecular formula is C15H35N3O3.